The molecule has 94 valence electrons. The van der Waals surface area contributed by atoms with Crippen LogP contribution in [0.1, 0.15) is 20.3 Å². The smallest absolute Gasteiger partial charge is 0.171 e. The molecule has 1 heterocycles. The molecule has 5 nitrogen and oxygen atoms in total. The molecule has 1 aromatic rings. The minimum Gasteiger partial charge on any atom is -0.487 e. The first kappa shape index (κ1) is 13.3. The Morgan fingerprint density at radius 1 is 1.59 bits per heavy atom. The molecule has 5 heteroatoms. The number of hydrogen-bond acceptors (Lipinski definition) is 4. The lowest BCUT2D eigenvalue weighted by atomic mass is 10.3. The number of nitrogens with two attached hydrogens (primary N) is 1. The second-order valence-electron chi connectivity index (χ2n) is 4.19. The average Bonchev–Trinajstić information content (AvgIpc) is 2.25. The third-order valence-corrected chi connectivity index (χ3v) is 2.19. The zero-order valence-electron chi connectivity index (χ0n) is 10.6. The zero-order chi connectivity index (χ0) is 12.8. The van der Waals surface area contributed by atoms with Gasteiger partial charge in [-0.1, -0.05) is 0 Å². The first-order valence-corrected chi connectivity index (χ1v) is 5.66. The summed E-state index contributed by atoms with van der Waals surface area (Å²) in [5.74, 6) is 1.72. The molecule has 0 fully saturated rings. The fourth-order valence-electron chi connectivity index (χ4n) is 1.41. The number of nitrogens with zero attached hydrogens (tertiary/aromatic N) is 2. The van der Waals surface area contributed by atoms with E-state index in [9.17, 15) is 0 Å². The summed E-state index contributed by atoms with van der Waals surface area (Å²) in [6, 6.07) is 3.74. The van der Waals surface area contributed by atoms with Crippen molar-refractivity contribution in [2.24, 2.45) is 5.73 Å². The van der Waals surface area contributed by atoms with Crippen LogP contribution in [-0.2, 0) is 0 Å². The molecular weight excluding hydrogens is 216 g/mol. The van der Waals surface area contributed by atoms with Gasteiger partial charge in [-0.2, -0.15) is 0 Å². The molecule has 0 amide bonds. The van der Waals surface area contributed by atoms with Crippen LogP contribution >= 0.6 is 0 Å². The Bertz CT molecular complexity index is 379. The van der Waals surface area contributed by atoms with E-state index in [4.69, 9.17) is 15.9 Å². The predicted octanol–water partition coefficient (Wildman–Crippen LogP) is 1.63. The number of hydrogen-bond donors (Lipinski definition) is 2. The van der Waals surface area contributed by atoms with Crippen LogP contribution in [0.3, 0.4) is 0 Å². The van der Waals surface area contributed by atoms with E-state index in [1.54, 1.807) is 6.20 Å². The van der Waals surface area contributed by atoms with Crippen LogP contribution in [-0.4, -0.2) is 30.5 Å². The van der Waals surface area contributed by atoms with Gasteiger partial charge >= 0.3 is 0 Å². The van der Waals surface area contributed by atoms with Crippen molar-refractivity contribution in [3.8, 4) is 5.75 Å². The lowest BCUT2D eigenvalue weighted by Gasteiger charge is -2.21. The van der Waals surface area contributed by atoms with Gasteiger partial charge in [0.1, 0.15) is 0 Å². The van der Waals surface area contributed by atoms with Crippen molar-refractivity contribution >= 4 is 11.7 Å². The Morgan fingerprint density at radius 2 is 2.29 bits per heavy atom. The van der Waals surface area contributed by atoms with Crippen LogP contribution in [0.2, 0.25) is 0 Å². The molecule has 0 aliphatic rings. The minimum absolute atomic E-state index is 0.110. The molecule has 3 N–H and O–H groups in total. The Hall–Kier alpha value is -1.78. The first-order valence-electron chi connectivity index (χ1n) is 5.66. The third kappa shape index (κ3) is 4.30. The van der Waals surface area contributed by atoms with Gasteiger partial charge < -0.3 is 15.4 Å². The maximum absolute atomic E-state index is 7.22. The maximum Gasteiger partial charge on any atom is 0.171 e. The van der Waals surface area contributed by atoms with Crippen LogP contribution in [0.25, 0.3) is 0 Å². The monoisotopic (exact) mass is 236 g/mol. The van der Waals surface area contributed by atoms with Crippen molar-refractivity contribution in [1.29, 1.82) is 5.41 Å². The highest BCUT2D eigenvalue weighted by atomic mass is 16.5. The summed E-state index contributed by atoms with van der Waals surface area (Å²) in [6.45, 7) is 4.61. The van der Waals surface area contributed by atoms with Gasteiger partial charge in [0.2, 0.25) is 0 Å². The van der Waals surface area contributed by atoms with Crippen molar-refractivity contribution in [3.05, 3.63) is 18.3 Å². The van der Waals surface area contributed by atoms with E-state index in [0.717, 1.165) is 11.6 Å². The number of ether oxygens (including phenoxy) is 1. The SMILES string of the molecule is CC(C)Oc1cccnc1N(C)CCC(=N)N. The van der Waals surface area contributed by atoms with Crippen molar-refractivity contribution in [2.45, 2.75) is 26.4 Å². The highest BCUT2D eigenvalue weighted by molar-refractivity contribution is 5.77. The summed E-state index contributed by atoms with van der Waals surface area (Å²) in [4.78, 5) is 6.24. The molecule has 0 atom stereocenters. The van der Waals surface area contributed by atoms with E-state index >= 15 is 0 Å². The minimum atomic E-state index is 0.110. The van der Waals surface area contributed by atoms with Gasteiger partial charge in [-0.05, 0) is 26.0 Å². The van der Waals surface area contributed by atoms with Gasteiger partial charge in [0, 0.05) is 26.2 Å². The van der Waals surface area contributed by atoms with E-state index in [1.165, 1.54) is 0 Å². The molecule has 0 radical (unpaired) electrons. The van der Waals surface area contributed by atoms with Gasteiger partial charge in [0.05, 0.1) is 11.9 Å². The number of aromatic nitrogens is 1. The van der Waals surface area contributed by atoms with Gasteiger partial charge in [0.15, 0.2) is 11.6 Å². The van der Waals surface area contributed by atoms with Crippen LogP contribution in [0, 0.1) is 5.41 Å². The molecule has 1 rings (SSSR count). The molecule has 0 saturated carbocycles. The number of amidine groups is 1. The molecule has 0 bridgehead atoms. The van der Waals surface area contributed by atoms with E-state index < -0.39 is 0 Å². The molecule has 0 spiro atoms. The first-order chi connectivity index (χ1) is 8.00. The highest BCUT2D eigenvalue weighted by Gasteiger charge is 2.11. The van der Waals surface area contributed by atoms with Crippen LogP contribution in [0.5, 0.6) is 5.75 Å². The summed E-state index contributed by atoms with van der Waals surface area (Å²) in [5.41, 5.74) is 5.34. The molecule has 0 aromatic carbocycles. The predicted molar refractivity (Wildman–Crippen MR) is 69.8 cm³/mol. The van der Waals surface area contributed by atoms with Crippen LogP contribution in [0.15, 0.2) is 18.3 Å². The fourth-order valence-corrected chi connectivity index (χ4v) is 1.41. The summed E-state index contributed by atoms with van der Waals surface area (Å²) in [7, 11) is 1.92. The van der Waals surface area contributed by atoms with Crippen molar-refractivity contribution < 1.29 is 4.74 Å². The van der Waals surface area contributed by atoms with Crippen LogP contribution in [0.4, 0.5) is 5.82 Å². The summed E-state index contributed by atoms with van der Waals surface area (Å²) >= 11 is 0. The summed E-state index contributed by atoms with van der Waals surface area (Å²) in [5, 5.41) is 7.22. The summed E-state index contributed by atoms with van der Waals surface area (Å²) in [6.07, 6.45) is 2.36. The van der Waals surface area contributed by atoms with E-state index in [2.05, 4.69) is 4.98 Å². The van der Waals surface area contributed by atoms with Crippen molar-refractivity contribution in [2.75, 3.05) is 18.5 Å². The number of rotatable bonds is 6. The molecule has 0 saturated heterocycles. The Morgan fingerprint density at radius 3 is 2.88 bits per heavy atom. The Labute approximate surface area is 102 Å². The number of nitrogens with one attached hydrogen (secondary N) is 1. The lowest BCUT2D eigenvalue weighted by molar-refractivity contribution is 0.242. The fraction of sp³-hybridized carbons (Fsp3) is 0.500. The highest BCUT2D eigenvalue weighted by Crippen LogP contribution is 2.25. The number of pyridine rings is 1. The van der Waals surface area contributed by atoms with E-state index in [-0.39, 0.29) is 11.9 Å². The van der Waals surface area contributed by atoms with Crippen molar-refractivity contribution in [3.63, 3.8) is 0 Å². The van der Waals surface area contributed by atoms with Gasteiger partial charge in [-0.3, -0.25) is 5.41 Å². The second kappa shape index (κ2) is 6.08. The molecular formula is C12H20N4O. The standard InChI is InChI=1S/C12H20N4O/c1-9(2)17-10-5-4-7-15-12(10)16(3)8-6-11(13)14/h4-5,7,9H,6,8H2,1-3H3,(H3,13,14). The normalized spacial score (nSPS) is 10.4. The molecule has 1 aromatic heterocycles. The second-order valence-corrected chi connectivity index (χ2v) is 4.19. The summed E-state index contributed by atoms with van der Waals surface area (Å²) < 4.78 is 5.68. The molecule has 0 aliphatic heterocycles. The topological polar surface area (TPSA) is 75.2 Å². The Balaban J connectivity index is 2.77. The molecule has 17 heavy (non-hydrogen) atoms. The quantitative estimate of drug-likeness (QED) is 0.581. The van der Waals surface area contributed by atoms with E-state index in [1.807, 2.05) is 37.9 Å². The van der Waals surface area contributed by atoms with Gasteiger partial charge in [-0.15, -0.1) is 0 Å². The molecule has 0 unspecified atom stereocenters. The largest absolute Gasteiger partial charge is 0.487 e. The number of anilines is 1. The lowest BCUT2D eigenvalue weighted by Crippen LogP contribution is -2.25. The van der Waals surface area contributed by atoms with Crippen LogP contribution < -0.4 is 15.4 Å². The maximum atomic E-state index is 7.22. The average molecular weight is 236 g/mol. The molecule has 0 aliphatic carbocycles. The third-order valence-electron chi connectivity index (χ3n) is 2.19. The van der Waals surface area contributed by atoms with Gasteiger partial charge in [0.25, 0.3) is 0 Å². The zero-order valence-corrected chi connectivity index (χ0v) is 10.6. The van der Waals surface area contributed by atoms with E-state index in [0.29, 0.717) is 13.0 Å². The van der Waals surface area contributed by atoms with Crippen molar-refractivity contribution in [1.82, 2.24) is 4.98 Å². The van der Waals surface area contributed by atoms with Gasteiger partial charge in [-0.25, -0.2) is 4.98 Å². The Kier molecular flexibility index (Phi) is 4.75.